The number of allylic oxidation sites excluding steroid dienone is 3. The predicted molar refractivity (Wildman–Crippen MR) is 62.9 cm³/mol. The minimum atomic E-state index is -4.20. The first-order chi connectivity index (χ1) is 7.99. The van der Waals surface area contributed by atoms with E-state index in [4.69, 9.17) is 5.11 Å². The van der Waals surface area contributed by atoms with Crippen LogP contribution in [0.25, 0.3) is 0 Å². The van der Waals surface area contributed by atoms with Gasteiger partial charge in [0.15, 0.2) is 0 Å². The number of hydrogen-bond acceptors (Lipinski definition) is 2. The topological polar surface area (TPSA) is 20.2 Å². The van der Waals surface area contributed by atoms with Crippen LogP contribution < -0.4 is 0 Å². The highest BCUT2D eigenvalue weighted by atomic mass is 32.2. The Morgan fingerprint density at radius 2 is 2.06 bits per heavy atom. The lowest BCUT2D eigenvalue weighted by Crippen LogP contribution is -2.30. The van der Waals surface area contributed by atoms with Crippen LogP contribution >= 0.6 is 11.8 Å². The fourth-order valence-corrected chi connectivity index (χ4v) is 3.85. The zero-order valence-corrected chi connectivity index (χ0v) is 10.1. The summed E-state index contributed by atoms with van der Waals surface area (Å²) >= 11 is 1.61. The van der Waals surface area contributed by atoms with E-state index in [-0.39, 0.29) is 18.3 Å². The molecule has 0 heterocycles. The highest BCUT2D eigenvalue weighted by Gasteiger charge is 2.37. The normalized spacial score (nSPS) is 33.2. The molecule has 1 nitrogen and oxygen atoms in total. The molecule has 1 saturated carbocycles. The molecule has 1 N–H and O–H groups in total. The molecule has 1 fully saturated rings. The molecule has 17 heavy (non-hydrogen) atoms. The molecule has 2 aliphatic rings. The van der Waals surface area contributed by atoms with Gasteiger partial charge in [0, 0.05) is 22.7 Å². The Labute approximate surface area is 103 Å². The lowest BCUT2D eigenvalue weighted by molar-refractivity contribution is -0.0939. The minimum absolute atomic E-state index is 0.0683. The standard InChI is InChI=1S/C12H15F3OS/c13-12(14,15)9-2-1-3-10(6-9)17-11-4-8(5-11)7-16/h1-3,8,10-11,16H,4-7H2. The van der Waals surface area contributed by atoms with E-state index >= 15 is 0 Å². The quantitative estimate of drug-likeness (QED) is 0.844. The van der Waals surface area contributed by atoms with Crippen molar-refractivity contribution in [3.63, 3.8) is 0 Å². The summed E-state index contributed by atoms with van der Waals surface area (Å²) in [6.07, 6.45) is 2.24. The number of thioether (sulfide) groups is 1. The average Bonchev–Trinajstić information content (AvgIpc) is 2.22. The van der Waals surface area contributed by atoms with Crippen LogP contribution in [0.2, 0.25) is 0 Å². The Hall–Kier alpha value is -0.420. The van der Waals surface area contributed by atoms with Crippen molar-refractivity contribution in [2.45, 2.75) is 35.9 Å². The van der Waals surface area contributed by atoms with Gasteiger partial charge in [-0.05, 0) is 25.2 Å². The van der Waals surface area contributed by atoms with Gasteiger partial charge in [-0.15, -0.1) is 0 Å². The third-order valence-electron chi connectivity index (χ3n) is 3.23. The van der Waals surface area contributed by atoms with Crippen molar-refractivity contribution in [2.75, 3.05) is 6.61 Å². The van der Waals surface area contributed by atoms with Crippen LogP contribution in [0.15, 0.2) is 23.8 Å². The number of halogens is 3. The van der Waals surface area contributed by atoms with Crippen LogP contribution in [0.4, 0.5) is 13.2 Å². The molecular weight excluding hydrogens is 249 g/mol. The molecule has 2 aliphatic carbocycles. The average molecular weight is 264 g/mol. The maximum absolute atomic E-state index is 12.5. The molecule has 0 aromatic carbocycles. The molecule has 2 rings (SSSR count). The molecule has 0 bridgehead atoms. The largest absolute Gasteiger partial charge is 0.412 e. The van der Waals surface area contributed by atoms with E-state index in [0.29, 0.717) is 11.2 Å². The molecule has 0 saturated heterocycles. The SMILES string of the molecule is OCC1CC(SC2C=CC=C(C(F)(F)F)C2)C1. The van der Waals surface area contributed by atoms with Crippen molar-refractivity contribution < 1.29 is 18.3 Å². The number of rotatable bonds is 3. The molecule has 0 aromatic heterocycles. The maximum Gasteiger partial charge on any atom is 0.412 e. The second-order valence-electron chi connectivity index (χ2n) is 4.60. The Morgan fingerprint density at radius 3 is 2.65 bits per heavy atom. The lowest BCUT2D eigenvalue weighted by Gasteiger charge is -2.36. The van der Waals surface area contributed by atoms with E-state index in [1.165, 1.54) is 6.08 Å². The van der Waals surface area contributed by atoms with Gasteiger partial charge in [-0.25, -0.2) is 0 Å². The van der Waals surface area contributed by atoms with Gasteiger partial charge in [0.25, 0.3) is 0 Å². The summed E-state index contributed by atoms with van der Waals surface area (Å²) in [6, 6.07) is 0. The van der Waals surface area contributed by atoms with E-state index in [0.717, 1.165) is 18.9 Å². The molecule has 0 aliphatic heterocycles. The second kappa shape index (κ2) is 5.06. The first kappa shape index (κ1) is 13.0. The zero-order chi connectivity index (χ0) is 12.5. The molecule has 96 valence electrons. The molecule has 1 atom stereocenters. The summed E-state index contributed by atoms with van der Waals surface area (Å²) in [4.78, 5) is 0. The Morgan fingerprint density at radius 1 is 1.35 bits per heavy atom. The van der Waals surface area contributed by atoms with Crippen LogP contribution in [0, 0.1) is 5.92 Å². The summed E-state index contributed by atoms with van der Waals surface area (Å²) in [5, 5.41) is 9.22. The third kappa shape index (κ3) is 3.28. The minimum Gasteiger partial charge on any atom is -0.396 e. The number of alkyl halides is 3. The molecule has 0 spiro atoms. The van der Waals surface area contributed by atoms with Gasteiger partial charge in [0.05, 0.1) is 0 Å². The van der Waals surface area contributed by atoms with Gasteiger partial charge in [0.1, 0.15) is 0 Å². The number of hydrogen-bond donors (Lipinski definition) is 1. The summed E-state index contributed by atoms with van der Waals surface area (Å²) < 4.78 is 37.6. The fraction of sp³-hybridized carbons (Fsp3) is 0.667. The van der Waals surface area contributed by atoms with E-state index in [9.17, 15) is 13.2 Å². The molecule has 0 radical (unpaired) electrons. The summed E-state index contributed by atoms with van der Waals surface area (Å²) in [7, 11) is 0. The number of aliphatic hydroxyl groups excluding tert-OH is 1. The fourth-order valence-electron chi connectivity index (χ4n) is 2.13. The summed E-state index contributed by atoms with van der Waals surface area (Å²) in [5.74, 6) is 0.359. The predicted octanol–water partition coefficient (Wildman–Crippen LogP) is 3.31. The Bertz CT molecular complexity index is 329. The summed E-state index contributed by atoms with van der Waals surface area (Å²) in [6.45, 7) is 0.200. The van der Waals surface area contributed by atoms with Crippen LogP contribution in [-0.4, -0.2) is 28.4 Å². The van der Waals surface area contributed by atoms with E-state index in [1.807, 2.05) is 6.08 Å². The first-order valence-corrected chi connectivity index (χ1v) is 6.64. The van der Waals surface area contributed by atoms with Crippen LogP contribution in [0.3, 0.4) is 0 Å². The molecule has 0 aromatic rings. The van der Waals surface area contributed by atoms with Crippen molar-refractivity contribution >= 4 is 11.8 Å². The smallest absolute Gasteiger partial charge is 0.396 e. The lowest BCUT2D eigenvalue weighted by atomic mass is 9.86. The van der Waals surface area contributed by atoms with Crippen LogP contribution in [0.5, 0.6) is 0 Å². The Kier molecular flexibility index (Phi) is 3.88. The highest BCUT2D eigenvalue weighted by molar-refractivity contribution is 8.00. The van der Waals surface area contributed by atoms with Gasteiger partial charge in [-0.3, -0.25) is 0 Å². The molecule has 1 unspecified atom stereocenters. The van der Waals surface area contributed by atoms with Crippen molar-refractivity contribution in [1.82, 2.24) is 0 Å². The van der Waals surface area contributed by atoms with Crippen molar-refractivity contribution in [2.24, 2.45) is 5.92 Å². The van der Waals surface area contributed by atoms with E-state index in [2.05, 4.69) is 0 Å². The first-order valence-electron chi connectivity index (χ1n) is 5.70. The number of aliphatic hydroxyl groups is 1. The van der Waals surface area contributed by atoms with Crippen LogP contribution in [0.1, 0.15) is 19.3 Å². The van der Waals surface area contributed by atoms with Gasteiger partial charge in [0.2, 0.25) is 0 Å². The highest BCUT2D eigenvalue weighted by Crippen LogP contribution is 2.42. The van der Waals surface area contributed by atoms with Crippen molar-refractivity contribution in [1.29, 1.82) is 0 Å². The molecule has 5 heteroatoms. The monoisotopic (exact) mass is 264 g/mol. The third-order valence-corrected chi connectivity index (χ3v) is 4.67. The van der Waals surface area contributed by atoms with Gasteiger partial charge in [-0.2, -0.15) is 24.9 Å². The van der Waals surface area contributed by atoms with Crippen LogP contribution in [-0.2, 0) is 0 Å². The zero-order valence-electron chi connectivity index (χ0n) is 9.28. The van der Waals surface area contributed by atoms with Gasteiger partial charge < -0.3 is 5.11 Å². The molecule has 0 amide bonds. The summed E-state index contributed by atoms with van der Waals surface area (Å²) in [5.41, 5.74) is -0.435. The van der Waals surface area contributed by atoms with E-state index in [1.54, 1.807) is 11.8 Å². The Balaban J connectivity index is 1.82. The van der Waals surface area contributed by atoms with Gasteiger partial charge >= 0.3 is 6.18 Å². The van der Waals surface area contributed by atoms with Gasteiger partial charge in [-0.1, -0.05) is 18.2 Å². The maximum atomic E-state index is 12.5. The van der Waals surface area contributed by atoms with Crippen molar-refractivity contribution in [3.05, 3.63) is 23.8 Å². The van der Waals surface area contributed by atoms with E-state index < -0.39 is 11.7 Å². The van der Waals surface area contributed by atoms with Crippen molar-refractivity contribution in [3.8, 4) is 0 Å². The second-order valence-corrected chi connectivity index (χ2v) is 6.14. The molecular formula is C12H15F3OS.